The summed E-state index contributed by atoms with van der Waals surface area (Å²) >= 11 is 0. The minimum atomic E-state index is 0.482. The molecule has 0 amide bonds. The van der Waals surface area contributed by atoms with Crippen molar-refractivity contribution in [1.29, 1.82) is 0 Å². The van der Waals surface area contributed by atoms with Crippen LogP contribution >= 0.6 is 0 Å². The molecular weight excluding hydrogens is 128 g/mol. The molecule has 2 saturated heterocycles. The number of rotatable bonds is 1. The molecule has 3 heteroatoms. The summed E-state index contributed by atoms with van der Waals surface area (Å²) in [5.74, 6) is 0.611. The topological polar surface area (TPSA) is 50.6 Å². The van der Waals surface area contributed by atoms with Gasteiger partial charge < -0.3 is 15.8 Å². The van der Waals surface area contributed by atoms with Gasteiger partial charge in [-0.05, 0) is 19.5 Å². The van der Waals surface area contributed by atoms with Gasteiger partial charge in [-0.25, -0.2) is 0 Å². The summed E-state index contributed by atoms with van der Waals surface area (Å²) < 4.78 is 5.42. The maximum atomic E-state index is 5.58. The highest BCUT2D eigenvalue weighted by molar-refractivity contribution is 4.94. The van der Waals surface area contributed by atoms with Gasteiger partial charge in [-0.15, -0.1) is 0 Å². The van der Waals surface area contributed by atoms with Gasteiger partial charge in [0.25, 0.3) is 0 Å². The minimum absolute atomic E-state index is 0.482. The number of hydrogen-bond acceptors (Lipinski definition) is 3. The third-order valence-electron chi connectivity index (χ3n) is 2.43. The van der Waals surface area contributed by atoms with Crippen LogP contribution < -0.4 is 11.1 Å². The molecule has 0 spiro atoms. The predicted octanol–water partition coefficient (Wildman–Crippen LogP) is -0.678. The zero-order valence-electron chi connectivity index (χ0n) is 6.05. The molecule has 0 aromatic carbocycles. The minimum Gasteiger partial charge on any atom is -0.368 e. The van der Waals surface area contributed by atoms with E-state index >= 15 is 0 Å². The van der Waals surface area contributed by atoms with Crippen molar-refractivity contribution >= 4 is 0 Å². The number of nitrogens with one attached hydrogen (secondary N) is 1. The highest BCUT2D eigenvalue weighted by Crippen LogP contribution is 2.31. The Morgan fingerprint density at radius 2 is 2.50 bits per heavy atom. The molecule has 0 saturated carbocycles. The molecule has 0 aliphatic carbocycles. The van der Waals surface area contributed by atoms with Crippen molar-refractivity contribution in [2.75, 3.05) is 19.6 Å². The molecule has 2 aliphatic heterocycles. The van der Waals surface area contributed by atoms with Crippen LogP contribution in [0.3, 0.4) is 0 Å². The lowest BCUT2D eigenvalue weighted by molar-refractivity contribution is 0.292. The first kappa shape index (κ1) is 6.58. The van der Waals surface area contributed by atoms with Crippen LogP contribution in [0.2, 0.25) is 0 Å². The van der Waals surface area contributed by atoms with Crippen LogP contribution in [0, 0.1) is 5.92 Å². The van der Waals surface area contributed by atoms with Crippen LogP contribution in [0.15, 0.2) is 0 Å². The van der Waals surface area contributed by atoms with Crippen molar-refractivity contribution in [2.45, 2.75) is 18.6 Å². The molecule has 3 atom stereocenters. The van der Waals surface area contributed by atoms with E-state index in [2.05, 4.69) is 5.32 Å². The second-order valence-corrected chi connectivity index (χ2v) is 3.13. The van der Waals surface area contributed by atoms with Crippen LogP contribution in [-0.4, -0.2) is 31.8 Å². The standard InChI is InChI=1S/C7H14N2O/c8-3-5-1-2-9-4-6-7(5)10-6/h5-7,9H,1-4,8H2. The molecule has 2 heterocycles. The fourth-order valence-electron chi connectivity index (χ4n) is 1.68. The predicted molar refractivity (Wildman–Crippen MR) is 38.7 cm³/mol. The van der Waals surface area contributed by atoms with Crippen molar-refractivity contribution < 1.29 is 4.74 Å². The van der Waals surface area contributed by atoms with Crippen LogP contribution in [-0.2, 0) is 4.74 Å². The van der Waals surface area contributed by atoms with E-state index in [1.165, 1.54) is 6.42 Å². The third kappa shape index (κ3) is 1.05. The molecule has 0 aromatic heterocycles. The fourth-order valence-corrected chi connectivity index (χ4v) is 1.68. The quantitative estimate of drug-likeness (QED) is 0.477. The van der Waals surface area contributed by atoms with Crippen LogP contribution in [0.25, 0.3) is 0 Å². The van der Waals surface area contributed by atoms with Gasteiger partial charge in [-0.3, -0.25) is 0 Å². The van der Waals surface area contributed by atoms with Crippen molar-refractivity contribution in [2.24, 2.45) is 11.7 Å². The molecule has 2 rings (SSSR count). The maximum absolute atomic E-state index is 5.58. The fraction of sp³-hybridized carbons (Fsp3) is 1.00. The summed E-state index contributed by atoms with van der Waals surface area (Å²) in [6.07, 6.45) is 2.15. The number of epoxide rings is 1. The van der Waals surface area contributed by atoms with E-state index in [4.69, 9.17) is 10.5 Å². The highest BCUT2D eigenvalue weighted by Gasteiger charge is 2.44. The lowest BCUT2D eigenvalue weighted by Gasteiger charge is -2.08. The van der Waals surface area contributed by atoms with Crippen LogP contribution in [0.5, 0.6) is 0 Å². The number of nitrogens with two attached hydrogens (primary N) is 1. The summed E-state index contributed by atoms with van der Waals surface area (Å²) in [4.78, 5) is 0. The van der Waals surface area contributed by atoms with E-state index in [-0.39, 0.29) is 0 Å². The average Bonchev–Trinajstić information content (AvgIpc) is 2.63. The summed E-state index contributed by atoms with van der Waals surface area (Å²) in [5, 5.41) is 3.32. The number of ether oxygens (including phenoxy) is 1. The van der Waals surface area contributed by atoms with E-state index in [0.717, 1.165) is 19.6 Å². The molecular formula is C7H14N2O. The Labute approximate surface area is 60.9 Å². The molecule has 0 radical (unpaired) electrons. The Morgan fingerprint density at radius 3 is 3.30 bits per heavy atom. The zero-order valence-corrected chi connectivity index (χ0v) is 6.05. The zero-order chi connectivity index (χ0) is 6.97. The maximum Gasteiger partial charge on any atom is 0.0969 e. The van der Waals surface area contributed by atoms with Crippen molar-refractivity contribution in [3.05, 3.63) is 0 Å². The van der Waals surface area contributed by atoms with Gasteiger partial charge in [0.2, 0.25) is 0 Å². The second-order valence-electron chi connectivity index (χ2n) is 3.13. The molecule has 3 unspecified atom stereocenters. The van der Waals surface area contributed by atoms with Crippen molar-refractivity contribution in [3.8, 4) is 0 Å². The summed E-state index contributed by atoms with van der Waals surface area (Å²) in [6, 6.07) is 0. The summed E-state index contributed by atoms with van der Waals surface area (Å²) in [6.45, 7) is 2.92. The lowest BCUT2D eigenvalue weighted by atomic mass is 10.0. The molecule has 10 heavy (non-hydrogen) atoms. The van der Waals surface area contributed by atoms with E-state index in [1.54, 1.807) is 0 Å². The van der Waals surface area contributed by atoms with E-state index in [0.29, 0.717) is 18.1 Å². The molecule has 2 aliphatic rings. The molecule has 3 N–H and O–H groups in total. The summed E-state index contributed by atoms with van der Waals surface area (Å²) in [7, 11) is 0. The summed E-state index contributed by atoms with van der Waals surface area (Å²) in [5.41, 5.74) is 5.58. The first-order valence-corrected chi connectivity index (χ1v) is 3.98. The Balaban J connectivity index is 1.93. The Morgan fingerprint density at radius 1 is 1.60 bits per heavy atom. The van der Waals surface area contributed by atoms with Crippen molar-refractivity contribution in [3.63, 3.8) is 0 Å². The smallest absolute Gasteiger partial charge is 0.0969 e. The molecule has 2 fully saturated rings. The Hall–Kier alpha value is -0.120. The average molecular weight is 142 g/mol. The van der Waals surface area contributed by atoms with E-state index < -0.39 is 0 Å². The van der Waals surface area contributed by atoms with Gasteiger partial charge in [-0.1, -0.05) is 0 Å². The van der Waals surface area contributed by atoms with Gasteiger partial charge >= 0.3 is 0 Å². The molecule has 0 bridgehead atoms. The molecule has 3 nitrogen and oxygen atoms in total. The number of fused-ring (bicyclic) bond motifs is 1. The SMILES string of the molecule is NCC1CCNCC2OC12. The normalized spacial score (nSPS) is 45.9. The van der Waals surface area contributed by atoms with Crippen LogP contribution in [0.4, 0.5) is 0 Å². The lowest BCUT2D eigenvalue weighted by Crippen LogP contribution is -2.22. The van der Waals surface area contributed by atoms with Gasteiger partial charge in [0.05, 0.1) is 12.2 Å². The number of hydrogen-bond donors (Lipinski definition) is 2. The Kier molecular flexibility index (Phi) is 1.64. The third-order valence-corrected chi connectivity index (χ3v) is 2.43. The largest absolute Gasteiger partial charge is 0.368 e. The van der Waals surface area contributed by atoms with Gasteiger partial charge in [-0.2, -0.15) is 0 Å². The van der Waals surface area contributed by atoms with E-state index in [1.807, 2.05) is 0 Å². The first-order valence-electron chi connectivity index (χ1n) is 3.98. The first-order chi connectivity index (χ1) is 4.92. The van der Waals surface area contributed by atoms with E-state index in [9.17, 15) is 0 Å². The Bertz CT molecular complexity index is 129. The van der Waals surface area contributed by atoms with Gasteiger partial charge in [0.1, 0.15) is 0 Å². The highest BCUT2D eigenvalue weighted by atomic mass is 16.6. The van der Waals surface area contributed by atoms with Crippen molar-refractivity contribution in [1.82, 2.24) is 5.32 Å². The molecule has 58 valence electrons. The monoisotopic (exact) mass is 142 g/mol. The van der Waals surface area contributed by atoms with Gasteiger partial charge in [0, 0.05) is 12.5 Å². The molecule has 0 aromatic rings. The van der Waals surface area contributed by atoms with Crippen LogP contribution in [0.1, 0.15) is 6.42 Å². The second kappa shape index (κ2) is 2.49. The van der Waals surface area contributed by atoms with Gasteiger partial charge in [0.15, 0.2) is 0 Å².